The quantitative estimate of drug-likeness (QED) is 0.392. The molecule has 3 heterocycles. The van der Waals surface area contributed by atoms with Gasteiger partial charge in [0, 0.05) is 15.8 Å². The molecule has 0 aliphatic rings. The van der Waals surface area contributed by atoms with Crippen LogP contribution in [0.15, 0.2) is 46.2 Å². The zero-order valence-corrected chi connectivity index (χ0v) is 14.8. The number of benzene rings is 1. The van der Waals surface area contributed by atoms with Gasteiger partial charge in [-0.05, 0) is 31.5 Å². The molecule has 0 unspecified atom stereocenters. The van der Waals surface area contributed by atoms with Crippen molar-refractivity contribution >= 4 is 33.3 Å². The minimum Gasteiger partial charge on any atom is -0.334 e. The first-order valence-electron chi connectivity index (χ1n) is 7.44. The molecule has 0 spiro atoms. The minimum absolute atomic E-state index is 0.543. The van der Waals surface area contributed by atoms with Gasteiger partial charge >= 0.3 is 0 Å². The highest BCUT2D eigenvalue weighted by Gasteiger charge is 2.14. The minimum atomic E-state index is 0.543. The molecule has 4 aromatic rings. The number of hydrogen-bond acceptors (Lipinski definition) is 7. The first kappa shape index (κ1) is 15.3. The van der Waals surface area contributed by atoms with Gasteiger partial charge in [0.1, 0.15) is 16.2 Å². The maximum Gasteiger partial charge on any atom is 0.257 e. The van der Waals surface area contributed by atoms with Gasteiger partial charge in [0.15, 0.2) is 5.82 Å². The van der Waals surface area contributed by atoms with E-state index in [9.17, 15) is 0 Å². The van der Waals surface area contributed by atoms with Crippen molar-refractivity contribution in [3.63, 3.8) is 0 Å². The monoisotopic (exact) mass is 354 g/mol. The van der Waals surface area contributed by atoms with E-state index in [1.807, 2.05) is 30.3 Å². The van der Waals surface area contributed by atoms with Gasteiger partial charge in [-0.2, -0.15) is 4.98 Å². The number of fused-ring (bicyclic) bond motifs is 1. The third-order valence-electron chi connectivity index (χ3n) is 3.76. The van der Waals surface area contributed by atoms with E-state index in [1.54, 1.807) is 29.4 Å². The highest BCUT2D eigenvalue weighted by Crippen LogP contribution is 2.35. The Morgan fingerprint density at radius 1 is 1.12 bits per heavy atom. The molecule has 3 aromatic heterocycles. The summed E-state index contributed by atoms with van der Waals surface area (Å²) < 4.78 is 5.35. The summed E-state index contributed by atoms with van der Waals surface area (Å²) >= 11 is 3.31. The van der Waals surface area contributed by atoms with Crippen LogP contribution in [0, 0.1) is 13.8 Å². The molecule has 0 atom stereocenters. The molecule has 0 N–H and O–H groups in total. The summed E-state index contributed by atoms with van der Waals surface area (Å²) in [5, 5.41) is 6.17. The largest absolute Gasteiger partial charge is 0.334 e. The fourth-order valence-electron chi connectivity index (χ4n) is 2.40. The third kappa shape index (κ3) is 2.81. The van der Waals surface area contributed by atoms with Crippen LogP contribution in [0.1, 0.15) is 16.3 Å². The zero-order chi connectivity index (χ0) is 16.5. The molecule has 7 heteroatoms. The second-order valence-corrected chi connectivity index (χ2v) is 7.48. The Hall–Kier alpha value is -2.25. The molecule has 0 amide bonds. The number of aryl methyl sites for hydroxylation is 2. The number of nitrogens with zero attached hydrogens (tertiary/aromatic N) is 4. The van der Waals surface area contributed by atoms with E-state index in [1.165, 1.54) is 10.4 Å². The van der Waals surface area contributed by atoms with E-state index in [4.69, 9.17) is 4.52 Å². The van der Waals surface area contributed by atoms with Crippen molar-refractivity contribution in [2.24, 2.45) is 0 Å². The van der Waals surface area contributed by atoms with Gasteiger partial charge in [-0.1, -0.05) is 35.1 Å². The topological polar surface area (TPSA) is 64.7 Å². The summed E-state index contributed by atoms with van der Waals surface area (Å²) in [4.78, 5) is 15.6. The van der Waals surface area contributed by atoms with Crippen LogP contribution in [0.3, 0.4) is 0 Å². The average molecular weight is 354 g/mol. The van der Waals surface area contributed by atoms with Crippen LogP contribution < -0.4 is 0 Å². The lowest BCUT2D eigenvalue weighted by molar-refractivity contribution is 0.425. The Balaban J connectivity index is 1.57. The maximum absolute atomic E-state index is 5.35. The first-order valence-corrected chi connectivity index (χ1v) is 9.24. The van der Waals surface area contributed by atoms with Crippen LogP contribution in [0.25, 0.3) is 21.7 Å². The van der Waals surface area contributed by atoms with E-state index >= 15 is 0 Å². The summed E-state index contributed by atoms with van der Waals surface area (Å²) in [6, 6.07) is 9.77. The fraction of sp³-hybridized carbons (Fsp3) is 0.176. The van der Waals surface area contributed by atoms with Crippen LogP contribution in [-0.4, -0.2) is 20.1 Å². The van der Waals surface area contributed by atoms with Gasteiger partial charge in [0.05, 0.1) is 5.75 Å². The summed E-state index contributed by atoms with van der Waals surface area (Å²) in [5.41, 5.74) is 2.17. The smallest absolute Gasteiger partial charge is 0.257 e. The molecule has 0 aliphatic carbocycles. The number of aromatic nitrogens is 4. The number of thioether (sulfide) groups is 1. The van der Waals surface area contributed by atoms with Crippen LogP contribution in [0.2, 0.25) is 0 Å². The van der Waals surface area contributed by atoms with Crippen molar-refractivity contribution in [2.45, 2.75) is 24.6 Å². The lowest BCUT2D eigenvalue weighted by Crippen LogP contribution is -1.89. The van der Waals surface area contributed by atoms with Crippen LogP contribution in [-0.2, 0) is 5.75 Å². The molecule has 4 rings (SSSR count). The summed E-state index contributed by atoms with van der Waals surface area (Å²) in [7, 11) is 0. The summed E-state index contributed by atoms with van der Waals surface area (Å²) in [6.45, 7) is 4.23. The third-order valence-corrected chi connectivity index (χ3v) is 5.86. The summed E-state index contributed by atoms with van der Waals surface area (Å²) in [6.07, 6.45) is 1.62. The van der Waals surface area contributed by atoms with Crippen molar-refractivity contribution < 1.29 is 4.52 Å². The van der Waals surface area contributed by atoms with E-state index < -0.39 is 0 Å². The number of hydrogen-bond donors (Lipinski definition) is 0. The second-order valence-electron chi connectivity index (χ2n) is 5.31. The van der Waals surface area contributed by atoms with Crippen molar-refractivity contribution in [3.05, 3.63) is 52.9 Å². The Bertz CT molecular complexity index is 994. The van der Waals surface area contributed by atoms with Crippen molar-refractivity contribution in [2.75, 3.05) is 0 Å². The van der Waals surface area contributed by atoms with Crippen molar-refractivity contribution in [1.82, 2.24) is 20.1 Å². The molecule has 0 radical (unpaired) electrons. The van der Waals surface area contributed by atoms with Crippen molar-refractivity contribution in [1.29, 1.82) is 0 Å². The van der Waals surface area contributed by atoms with Crippen LogP contribution >= 0.6 is 23.1 Å². The Morgan fingerprint density at radius 2 is 1.96 bits per heavy atom. The predicted octanol–water partition coefficient (Wildman–Crippen LogP) is 4.65. The Labute approximate surface area is 147 Å². The molecule has 5 nitrogen and oxygen atoms in total. The molecular formula is C17H14N4OS2. The van der Waals surface area contributed by atoms with Gasteiger partial charge < -0.3 is 4.52 Å². The normalized spacial score (nSPS) is 11.2. The second kappa shape index (κ2) is 6.33. The van der Waals surface area contributed by atoms with Crippen LogP contribution in [0.4, 0.5) is 0 Å². The predicted molar refractivity (Wildman–Crippen MR) is 96.2 cm³/mol. The van der Waals surface area contributed by atoms with Gasteiger partial charge in [-0.15, -0.1) is 11.3 Å². The molecule has 0 saturated heterocycles. The highest BCUT2D eigenvalue weighted by atomic mass is 32.2. The number of thiophene rings is 1. The average Bonchev–Trinajstić information content (AvgIpc) is 3.19. The lowest BCUT2D eigenvalue weighted by Gasteiger charge is -2.00. The van der Waals surface area contributed by atoms with Gasteiger partial charge in [0.2, 0.25) is 0 Å². The summed E-state index contributed by atoms with van der Waals surface area (Å²) in [5.74, 6) is 1.81. The Kier molecular flexibility index (Phi) is 4.03. The lowest BCUT2D eigenvalue weighted by atomic mass is 10.2. The maximum atomic E-state index is 5.35. The van der Waals surface area contributed by atoms with Crippen molar-refractivity contribution in [3.8, 4) is 11.5 Å². The first-order chi connectivity index (χ1) is 11.7. The molecule has 0 bridgehead atoms. The molecule has 120 valence electrons. The molecule has 1 aromatic carbocycles. The van der Waals surface area contributed by atoms with Gasteiger partial charge in [-0.3, -0.25) is 0 Å². The van der Waals surface area contributed by atoms with E-state index in [0.29, 0.717) is 17.5 Å². The Morgan fingerprint density at radius 3 is 2.79 bits per heavy atom. The molecular weight excluding hydrogens is 340 g/mol. The van der Waals surface area contributed by atoms with E-state index in [-0.39, 0.29) is 0 Å². The van der Waals surface area contributed by atoms with E-state index in [0.717, 1.165) is 20.8 Å². The number of rotatable bonds is 4. The molecule has 24 heavy (non-hydrogen) atoms. The van der Waals surface area contributed by atoms with Gasteiger partial charge in [0.25, 0.3) is 5.89 Å². The molecule has 0 aliphatic heterocycles. The highest BCUT2D eigenvalue weighted by molar-refractivity contribution is 7.98. The molecule has 0 saturated carbocycles. The zero-order valence-electron chi connectivity index (χ0n) is 13.2. The van der Waals surface area contributed by atoms with Gasteiger partial charge in [-0.25, -0.2) is 9.97 Å². The fourth-order valence-corrected chi connectivity index (χ4v) is 4.36. The van der Waals surface area contributed by atoms with E-state index in [2.05, 4.69) is 34.0 Å². The standard InChI is InChI=1S/C17H14N4OS2/c1-10-11(2)24-17-14(10)16(18-9-19-17)23-8-13-20-15(22-21-13)12-6-4-3-5-7-12/h3-7,9H,8H2,1-2H3. The van der Waals surface area contributed by atoms with Crippen LogP contribution in [0.5, 0.6) is 0 Å². The molecule has 0 fully saturated rings. The SMILES string of the molecule is Cc1sc2ncnc(SCc3noc(-c4ccccc4)n3)c2c1C.